The lowest BCUT2D eigenvalue weighted by Gasteiger charge is -2.31. The van der Waals surface area contributed by atoms with Crippen molar-refractivity contribution in [3.63, 3.8) is 0 Å². The number of hydrogen-bond donors (Lipinski definition) is 1. The molecule has 1 aromatic carbocycles. The topological polar surface area (TPSA) is 72.3 Å². The molecule has 1 N–H and O–H groups in total. The van der Waals surface area contributed by atoms with Crippen molar-refractivity contribution in [1.82, 2.24) is 20.1 Å². The molecule has 152 valence electrons. The van der Waals surface area contributed by atoms with Crippen molar-refractivity contribution >= 4 is 22.4 Å². The van der Waals surface area contributed by atoms with Crippen molar-refractivity contribution in [3.8, 4) is 10.9 Å². The number of ether oxygens (including phenoxy) is 1. The molecule has 1 aliphatic rings. The Morgan fingerprint density at radius 1 is 1.21 bits per heavy atom. The number of nitrogens with zero attached hydrogens (tertiary/aromatic N) is 4. The van der Waals surface area contributed by atoms with Gasteiger partial charge in [-0.05, 0) is 49.6 Å². The number of carbonyl (C=O) groups is 1. The maximum atomic E-state index is 12.7. The van der Waals surface area contributed by atoms with E-state index >= 15 is 0 Å². The number of nitrogens with one attached hydrogen (secondary N) is 1. The van der Waals surface area contributed by atoms with E-state index in [1.54, 1.807) is 11.3 Å². The lowest BCUT2D eigenvalue weighted by molar-refractivity contribution is -0.125. The van der Waals surface area contributed by atoms with E-state index in [0.29, 0.717) is 19.7 Å². The molecule has 0 spiro atoms. The molecule has 3 heterocycles. The Labute approximate surface area is 174 Å². The molecule has 1 aliphatic heterocycles. The summed E-state index contributed by atoms with van der Waals surface area (Å²) in [5.41, 5.74) is 1.06. The highest BCUT2D eigenvalue weighted by Gasteiger charge is 2.27. The van der Waals surface area contributed by atoms with Gasteiger partial charge in [0.25, 0.3) is 0 Å². The molecule has 0 saturated carbocycles. The minimum absolute atomic E-state index is 0.0367. The van der Waals surface area contributed by atoms with Crippen LogP contribution in [-0.4, -0.2) is 40.4 Å². The van der Waals surface area contributed by atoms with Crippen LogP contribution in [0.4, 0.5) is 5.13 Å². The molecule has 0 aliphatic carbocycles. The van der Waals surface area contributed by atoms with E-state index in [2.05, 4.69) is 20.4 Å². The third kappa shape index (κ3) is 4.76. The second-order valence-electron chi connectivity index (χ2n) is 7.04. The molecule has 0 bridgehead atoms. The van der Waals surface area contributed by atoms with Crippen LogP contribution in [0.25, 0.3) is 5.13 Å². The first-order valence-corrected chi connectivity index (χ1v) is 10.8. The van der Waals surface area contributed by atoms with Crippen molar-refractivity contribution < 1.29 is 9.53 Å². The molecular formula is C21H25N5O2S. The summed E-state index contributed by atoms with van der Waals surface area (Å²) in [6, 6.07) is 11.8. The summed E-state index contributed by atoms with van der Waals surface area (Å²) >= 11 is 1.55. The van der Waals surface area contributed by atoms with Gasteiger partial charge in [0.15, 0.2) is 0 Å². The summed E-state index contributed by atoms with van der Waals surface area (Å²) in [6.45, 7) is 4.72. The van der Waals surface area contributed by atoms with Crippen LogP contribution in [0.1, 0.15) is 25.3 Å². The summed E-state index contributed by atoms with van der Waals surface area (Å²) in [7, 11) is 0. The van der Waals surface area contributed by atoms with E-state index < -0.39 is 0 Å². The van der Waals surface area contributed by atoms with E-state index in [9.17, 15) is 4.79 Å². The highest BCUT2D eigenvalue weighted by Crippen LogP contribution is 2.28. The smallest absolute Gasteiger partial charge is 0.225 e. The van der Waals surface area contributed by atoms with Crippen LogP contribution in [0, 0.1) is 5.92 Å². The second-order valence-corrected chi connectivity index (χ2v) is 7.97. The lowest BCUT2D eigenvalue weighted by atomic mass is 9.97. The quantitative estimate of drug-likeness (QED) is 0.646. The first kappa shape index (κ1) is 19.4. The van der Waals surface area contributed by atoms with Gasteiger partial charge in [-0.25, -0.2) is 0 Å². The standard InChI is InChI=1S/C21H25N5O2S/c1-2-28-18-9-7-16(8-10-18)14-22-19(27)17-6-5-13-26(15-17)21-24-23-20(29-21)25-11-3-4-12-25/h3-4,7-12,17H,2,5-6,13-15H2,1H3,(H,22,27)/t17-/m0/s1. The molecule has 1 saturated heterocycles. The van der Waals surface area contributed by atoms with Crippen LogP contribution < -0.4 is 15.0 Å². The van der Waals surface area contributed by atoms with Crippen LogP contribution in [0.5, 0.6) is 5.75 Å². The fourth-order valence-electron chi connectivity index (χ4n) is 3.47. The minimum Gasteiger partial charge on any atom is -0.494 e. The highest BCUT2D eigenvalue weighted by molar-refractivity contribution is 7.17. The van der Waals surface area contributed by atoms with Gasteiger partial charge in [0, 0.05) is 32.0 Å². The van der Waals surface area contributed by atoms with E-state index in [0.717, 1.165) is 41.0 Å². The predicted molar refractivity (Wildman–Crippen MR) is 114 cm³/mol. The van der Waals surface area contributed by atoms with Crippen LogP contribution in [0.3, 0.4) is 0 Å². The van der Waals surface area contributed by atoms with Gasteiger partial charge in [0.1, 0.15) is 5.75 Å². The summed E-state index contributed by atoms with van der Waals surface area (Å²) in [5.74, 6) is 0.908. The fraction of sp³-hybridized carbons (Fsp3) is 0.381. The molecule has 3 aromatic rings. The van der Waals surface area contributed by atoms with Crippen LogP contribution >= 0.6 is 11.3 Å². The number of anilines is 1. The minimum atomic E-state index is -0.0367. The number of rotatable bonds is 7. The Morgan fingerprint density at radius 2 is 1.97 bits per heavy atom. The van der Waals surface area contributed by atoms with Crippen molar-refractivity contribution in [3.05, 3.63) is 54.4 Å². The molecule has 2 aromatic heterocycles. The van der Waals surface area contributed by atoms with Gasteiger partial charge < -0.3 is 15.0 Å². The third-order valence-corrected chi connectivity index (χ3v) is 5.99. The average molecular weight is 412 g/mol. The molecule has 8 heteroatoms. The van der Waals surface area contributed by atoms with E-state index in [-0.39, 0.29) is 11.8 Å². The Balaban J connectivity index is 1.32. The van der Waals surface area contributed by atoms with Crippen molar-refractivity contribution in [2.24, 2.45) is 5.92 Å². The largest absolute Gasteiger partial charge is 0.494 e. The number of aromatic nitrogens is 3. The van der Waals surface area contributed by atoms with Crippen LogP contribution in [0.2, 0.25) is 0 Å². The molecule has 4 rings (SSSR count). The van der Waals surface area contributed by atoms with E-state index in [1.165, 1.54) is 0 Å². The molecule has 7 nitrogen and oxygen atoms in total. The van der Waals surface area contributed by atoms with E-state index in [4.69, 9.17) is 4.74 Å². The van der Waals surface area contributed by atoms with Crippen molar-refractivity contribution in [2.75, 3.05) is 24.6 Å². The highest BCUT2D eigenvalue weighted by atomic mass is 32.1. The van der Waals surface area contributed by atoms with Gasteiger partial charge in [-0.2, -0.15) is 0 Å². The zero-order valence-corrected chi connectivity index (χ0v) is 17.3. The Bertz CT molecular complexity index is 923. The second kappa shape index (κ2) is 9.09. The number of hydrogen-bond acceptors (Lipinski definition) is 6. The normalized spacial score (nSPS) is 16.6. The zero-order valence-electron chi connectivity index (χ0n) is 16.5. The van der Waals surface area contributed by atoms with E-state index in [1.807, 2.05) is 60.3 Å². The molecule has 0 unspecified atom stereocenters. The van der Waals surface area contributed by atoms with Gasteiger partial charge in [-0.3, -0.25) is 9.36 Å². The Kier molecular flexibility index (Phi) is 6.09. The SMILES string of the molecule is CCOc1ccc(CNC(=O)[C@H]2CCCN(c3nnc(-n4cccc4)s3)C2)cc1. The van der Waals surface area contributed by atoms with Crippen molar-refractivity contribution in [1.29, 1.82) is 0 Å². The average Bonchev–Trinajstić information content (AvgIpc) is 3.45. The fourth-order valence-corrected chi connectivity index (χ4v) is 4.32. The summed E-state index contributed by atoms with van der Waals surface area (Å²) in [6.07, 6.45) is 5.78. The lowest BCUT2D eigenvalue weighted by Crippen LogP contribution is -2.43. The first-order valence-electron chi connectivity index (χ1n) is 9.94. The monoisotopic (exact) mass is 411 g/mol. The van der Waals surface area contributed by atoms with Crippen LogP contribution in [-0.2, 0) is 11.3 Å². The molecule has 1 amide bonds. The summed E-state index contributed by atoms with van der Waals surface area (Å²) in [5, 5.41) is 13.4. The maximum absolute atomic E-state index is 12.7. The zero-order chi connectivity index (χ0) is 20.1. The number of benzene rings is 1. The maximum Gasteiger partial charge on any atom is 0.225 e. The number of amides is 1. The first-order chi connectivity index (χ1) is 14.2. The number of carbonyl (C=O) groups excluding carboxylic acids is 1. The van der Waals surface area contributed by atoms with Gasteiger partial charge in [0.05, 0.1) is 12.5 Å². The van der Waals surface area contributed by atoms with Crippen molar-refractivity contribution in [2.45, 2.75) is 26.3 Å². The Morgan fingerprint density at radius 3 is 2.72 bits per heavy atom. The van der Waals surface area contributed by atoms with Gasteiger partial charge in [-0.15, -0.1) is 10.2 Å². The molecular weight excluding hydrogens is 386 g/mol. The summed E-state index contributed by atoms with van der Waals surface area (Å²) in [4.78, 5) is 14.9. The van der Waals surface area contributed by atoms with Gasteiger partial charge in [-0.1, -0.05) is 23.5 Å². The predicted octanol–water partition coefficient (Wildman–Crippen LogP) is 3.26. The molecule has 29 heavy (non-hydrogen) atoms. The number of piperidine rings is 1. The molecule has 1 atom stereocenters. The Hall–Kier alpha value is -2.87. The van der Waals surface area contributed by atoms with Gasteiger partial charge in [0.2, 0.25) is 16.2 Å². The van der Waals surface area contributed by atoms with Gasteiger partial charge >= 0.3 is 0 Å². The molecule has 0 radical (unpaired) electrons. The van der Waals surface area contributed by atoms with Crippen LogP contribution in [0.15, 0.2) is 48.8 Å². The third-order valence-electron chi connectivity index (χ3n) is 4.99. The summed E-state index contributed by atoms with van der Waals surface area (Å²) < 4.78 is 7.41. The molecule has 1 fully saturated rings.